The lowest BCUT2D eigenvalue weighted by molar-refractivity contribution is -0.120. The van der Waals surface area contributed by atoms with Crippen LogP contribution in [0.1, 0.15) is 12.5 Å². The summed E-state index contributed by atoms with van der Waals surface area (Å²) in [5.41, 5.74) is 2.15. The third-order valence-electron chi connectivity index (χ3n) is 3.23. The van der Waals surface area contributed by atoms with E-state index in [9.17, 15) is 9.59 Å². The Hall–Kier alpha value is -2.04. The lowest BCUT2D eigenvalue weighted by atomic mass is 10.2. The van der Waals surface area contributed by atoms with E-state index < -0.39 is 0 Å². The Morgan fingerprint density at radius 3 is 2.35 bits per heavy atom. The van der Waals surface area contributed by atoms with E-state index in [0.29, 0.717) is 21.4 Å². The summed E-state index contributed by atoms with van der Waals surface area (Å²) in [6.07, 6.45) is 0. The number of nitrogens with zero attached hydrogens (tertiary/aromatic N) is 1. The van der Waals surface area contributed by atoms with Crippen molar-refractivity contribution in [2.24, 2.45) is 0 Å². The Morgan fingerprint density at radius 2 is 1.74 bits per heavy atom. The van der Waals surface area contributed by atoms with Gasteiger partial charge in [-0.3, -0.25) is 9.59 Å². The van der Waals surface area contributed by atoms with E-state index in [1.165, 1.54) is 11.8 Å². The van der Waals surface area contributed by atoms with Crippen LogP contribution in [0.3, 0.4) is 0 Å². The lowest BCUT2D eigenvalue weighted by Crippen LogP contribution is -2.36. The van der Waals surface area contributed by atoms with Gasteiger partial charge in [0.25, 0.3) is 0 Å². The molecule has 4 nitrogen and oxygen atoms in total. The molecule has 0 aliphatic heterocycles. The molecule has 2 amide bonds. The van der Waals surface area contributed by atoms with Gasteiger partial charge in [-0.25, -0.2) is 0 Å². The lowest BCUT2D eigenvalue weighted by Gasteiger charge is -2.21. The molecule has 0 saturated carbocycles. The monoisotopic (exact) mass is 350 g/mol. The van der Waals surface area contributed by atoms with Crippen LogP contribution in [-0.2, 0) is 9.59 Å². The Labute approximate surface area is 145 Å². The Kier molecular flexibility index (Phi) is 5.64. The molecule has 0 aliphatic rings. The summed E-state index contributed by atoms with van der Waals surface area (Å²) >= 11 is 11.9. The molecule has 0 unspecified atom stereocenters. The van der Waals surface area contributed by atoms with E-state index in [0.717, 1.165) is 5.56 Å². The molecule has 120 valence electrons. The molecule has 2 aromatic carbocycles. The second kappa shape index (κ2) is 7.49. The molecule has 2 aromatic rings. The van der Waals surface area contributed by atoms with E-state index >= 15 is 0 Å². The summed E-state index contributed by atoms with van der Waals surface area (Å²) in [7, 11) is 0. The zero-order valence-corrected chi connectivity index (χ0v) is 14.3. The summed E-state index contributed by atoms with van der Waals surface area (Å²) < 4.78 is 0. The molecule has 6 heteroatoms. The number of benzene rings is 2. The third-order valence-corrected chi connectivity index (χ3v) is 3.79. The van der Waals surface area contributed by atoms with Crippen molar-refractivity contribution in [3.8, 4) is 0 Å². The Morgan fingerprint density at radius 1 is 1.09 bits per heavy atom. The van der Waals surface area contributed by atoms with Crippen LogP contribution in [0.4, 0.5) is 11.4 Å². The maximum Gasteiger partial charge on any atom is 0.244 e. The number of hydrogen-bond donors (Lipinski definition) is 1. The van der Waals surface area contributed by atoms with E-state index in [-0.39, 0.29) is 18.4 Å². The minimum atomic E-state index is -0.357. The summed E-state index contributed by atoms with van der Waals surface area (Å²) in [4.78, 5) is 25.5. The first-order valence-electron chi connectivity index (χ1n) is 6.96. The molecule has 0 fully saturated rings. The van der Waals surface area contributed by atoms with Gasteiger partial charge >= 0.3 is 0 Å². The Bertz CT molecular complexity index is 730. The van der Waals surface area contributed by atoms with E-state index in [1.54, 1.807) is 30.3 Å². The average Bonchev–Trinajstić information content (AvgIpc) is 2.49. The van der Waals surface area contributed by atoms with Gasteiger partial charge in [0.1, 0.15) is 6.54 Å². The number of aryl methyl sites for hydroxylation is 1. The highest BCUT2D eigenvalue weighted by Gasteiger charge is 2.16. The van der Waals surface area contributed by atoms with Crippen LogP contribution in [0, 0.1) is 6.92 Å². The molecule has 1 N–H and O–H groups in total. The van der Waals surface area contributed by atoms with Gasteiger partial charge in [0.15, 0.2) is 0 Å². The minimum Gasteiger partial charge on any atom is -0.323 e. The number of nitrogens with one attached hydrogen (secondary N) is 1. The van der Waals surface area contributed by atoms with Crippen LogP contribution >= 0.6 is 23.2 Å². The summed E-state index contributed by atoms with van der Waals surface area (Å²) in [5.74, 6) is -0.578. The van der Waals surface area contributed by atoms with Crippen molar-refractivity contribution in [1.82, 2.24) is 0 Å². The van der Waals surface area contributed by atoms with Gasteiger partial charge in [0, 0.05) is 17.6 Å². The molecular formula is C17H16Cl2N2O2. The number of anilines is 2. The molecule has 0 spiro atoms. The van der Waals surface area contributed by atoms with Crippen LogP contribution in [0.2, 0.25) is 10.0 Å². The predicted octanol–water partition coefficient (Wildman–Crippen LogP) is 4.29. The standard InChI is InChI=1S/C17H16Cl2N2O2/c1-11-3-6-14(7-4-11)21(12(2)22)10-17(23)20-16-9-13(18)5-8-15(16)19/h3-9H,10H2,1-2H3,(H,20,23). The topological polar surface area (TPSA) is 49.4 Å². The van der Waals surface area contributed by atoms with Crippen LogP contribution in [0.25, 0.3) is 0 Å². The average molecular weight is 351 g/mol. The van der Waals surface area contributed by atoms with Gasteiger partial charge in [-0.2, -0.15) is 0 Å². The predicted molar refractivity (Wildman–Crippen MR) is 94.3 cm³/mol. The summed E-state index contributed by atoms with van der Waals surface area (Å²) in [5, 5.41) is 3.51. The fourth-order valence-corrected chi connectivity index (χ4v) is 2.37. The van der Waals surface area contributed by atoms with Crippen LogP contribution < -0.4 is 10.2 Å². The first-order chi connectivity index (χ1) is 10.9. The minimum absolute atomic E-state index is 0.110. The second-order valence-corrected chi connectivity index (χ2v) is 5.96. The van der Waals surface area contributed by atoms with Crippen molar-refractivity contribution in [3.05, 3.63) is 58.1 Å². The number of amides is 2. The zero-order valence-electron chi connectivity index (χ0n) is 12.8. The maximum atomic E-state index is 12.2. The highest BCUT2D eigenvalue weighted by molar-refractivity contribution is 6.35. The fourth-order valence-electron chi connectivity index (χ4n) is 2.04. The van der Waals surface area contributed by atoms with Crippen LogP contribution in [0.5, 0.6) is 0 Å². The first-order valence-corrected chi connectivity index (χ1v) is 7.72. The number of hydrogen-bond acceptors (Lipinski definition) is 2. The van der Waals surface area contributed by atoms with Gasteiger partial charge in [0.05, 0.1) is 10.7 Å². The van der Waals surface area contributed by atoms with Crippen LogP contribution in [0.15, 0.2) is 42.5 Å². The highest BCUT2D eigenvalue weighted by atomic mass is 35.5. The molecule has 0 bridgehead atoms. The number of halogens is 2. The highest BCUT2D eigenvalue weighted by Crippen LogP contribution is 2.25. The quantitative estimate of drug-likeness (QED) is 0.893. The number of rotatable bonds is 4. The smallest absolute Gasteiger partial charge is 0.244 e. The van der Waals surface area contributed by atoms with E-state index in [2.05, 4.69) is 5.32 Å². The maximum absolute atomic E-state index is 12.2. The molecule has 0 saturated heterocycles. The largest absolute Gasteiger partial charge is 0.323 e. The SMILES string of the molecule is CC(=O)N(CC(=O)Nc1cc(Cl)ccc1Cl)c1ccc(C)cc1. The number of carbonyl (C=O) groups is 2. The fraction of sp³-hybridized carbons (Fsp3) is 0.176. The van der Waals surface area contributed by atoms with Gasteiger partial charge in [0.2, 0.25) is 11.8 Å². The molecule has 23 heavy (non-hydrogen) atoms. The number of carbonyl (C=O) groups excluding carboxylic acids is 2. The molecule has 2 rings (SSSR count). The summed E-state index contributed by atoms with van der Waals surface area (Å²) in [6.45, 7) is 3.26. The molecule has 0 aliphatic carbocycles. The van der Waals surface area contributed by atoms with Crippen LogP contribution in [-0.4, -0.2) is 18.4 Å². The van der Waals surface area contributed by atoms with Crippen molar-refractivity contribution >= 4 is 46.4 Å². The van der Waals surface area contributed by atoms with Crippen molar-refractivity contribution in [2.45, 2.75) is 13.8 Å². The van der Waals surface area contributed by atoms with Gasteiger partial charge in [-0.1, -0.05) is 40.9 Å². The molecule has 0 radical (unpaired) electrons. The van der Waals surface area contributed by atoms with Crippen molar-refractivity contribution in [1.29, 1.82) is 0 Å². The van der Waals surface area contributed by atoms with Crippen molar-refractivity contribution < 1.29 is 9.59 Å². The Balaban J connectivity index is 2.14. The van der Waals surface area contributed by atoms with Gasteiger partial charge in [-0.05, 0) is 37.3 Å². The third kappa shape index (κ3) is 4.71. The van der Waals surface area contributed by atoms with Crippen molar-refractivity contribution in [2.75, 3.05) is 16.8 Å². The zero-order chi connectivity index (χ0) is 17.0. The van der Waals surface area contributed by atoms with Crippen molar-refractivity contribution in [3.63, 3.8) is 0 Å². The first kappa shape index (κ1) is 17.3. The molecule has 0 heterocycles. The van der Waals surface area contributed by atoms with Gasteiger partial charge < -0.3 is 10.2 Å². The van der Waals surface area contributed by atoms with E-state index in [1.807, 2.05) is 19.1 Å². The molecular weight excluding hydrogens is 335 g/mol. The summed E-state index contributed by atoms with van der Waals surface area (Å²) in [6, 6.07) is 12.2. The second-order valence-electron chi connectivity index (χ2n) is 5.11. The normalized spacial score (nSPS) is 10.3. The van der Waals surface area contributed by atoms with Gasteiger partial charge in [-0.15, -0.1) is 0 Å². The molecule has 0 aromatic heterocycles. The molecule has 0 atom stereocenters. The van der Waals surface area contributed by atoms with E-state index in [4.69, 9.17) is 23.2 Å².